The van der Waals surface area contributed by atoms with Crippen LogP contribution in [0.1, 0.15) is 25.7 Å². The van der Waals surface area contributed by atoms with Gasteiger partial charge in [-0.2, -0.15) is 0 Å². The number of hydrogen-bond donors (Lipinski definition) is 3. The second-order valence-corrected chi connectivity index (χ2v) is 8.47. The summed E-state index contributed by atoms with van der Waals surface area (Å²) in [5.41, 5.74) is 5.64. The molecule has 3 N–H and O–H groups in total. The lowest BCUT2D eigenvalue weighted by molar-refractivity contribution is -0.132. The zero-order chi connectivity index (χ0) is 23.6. The Hall–Kier alpha value is -2.97. The van der Waals surface area contributed by atoms with Gasteiger partial charge in [-0.3, -0.25) is 20.4 Å². The first-order chi connectivity index (χ1) is 15.9. The minimum atomic E-state index is -0.311. The number of hydrazine groups is 1. The summed E-state index contributed by atoms with van der Waals surface area (Å²) in [6.45, 7) is 1.23. The summed E-state index contributed by atoms with van der Waals surface area (Å²) in [6, 6.07) is 14.0. The third-order valence-corrected chi connectivity index (χ3v) is 5.73. The molecule has 0 unspecified atom stereocenters. The van der Waals surface area contributed by atoms with E-state index in [1.165, 1.54) is 0 Å². The van der Waals surface area contributed by atoms with Crippen molar-refractivity contribution in [3.8, 4) is 5.75 Å². The highest BCUT2D eigenvalue weighted by Crippen LogP contribution is 2.27. The molecule has 2 aromatic carbocycles. The number of hydrogen-bond acceptors (Lipinski definition) is 4. The lowest BCUT2D eigenvalue weighted by Crippen LogP contribution is -2.48. The van der Waals surface area contributed by atoms with Crippen LogP contribution in [0, 0.1) is 5.92 Å². The van der Waals surface area contributed by atoms with Gasteiger partial charge in [0.15, 0.2) is 0 Å². The Morgan fingerprint density at radius 1 is 1.00 bits per heavy atom. The second-order valence-electron chi connectivity index (χ2n) is 7.62. The fraction of sp³-hybridized carbons (Fsp3) is 0.348. The van der Waals surface area contributed by atoms with Gasteiger partial charge in [0.1, 0.15) is 5.75 Å². The van der Waals surface area contributed by atoms with Gasteiger partial charge in [-0.15, -0.1) is 0 Å². The Morgan fingerprint density at radius 2 is 1.73 bits per heavy atom. The lowest BCUT2D eigenvalue weighted by Gasteiger charge is -2.31. The highest BCUT2D eigenvalue weighted by Gasteiger charge is 2.27. The van der Waals surface area contributed by atoms with Crippen molar-refractivity contribution >= 4 is 46.7 Å². The number of urea groups is 1. The largest absolute Gasteiger partial charge is 0.492 e. The molecule has 1 aliphatic rings. The summed E-state index contributed by atoms with van der Waals surface area (Å²) in [4.78, 5) is 38.4. The number of carbonyl (C=O) groups is 3. The van der Waals surface area contributed by atoms with Gasteiger partial charge >= 0.3 is 6.03 Å². The molecule has 4 amide bonds. The summed E-state index contributed by atoms with van der Waals surface area (Å²) in [6.07, 6.45) is 1.69. The molecule has 33 heavy (non-hydrogen) atoms. The van der Waals surface area contributed by atoms with Crippen LogP contribution in [-0.2, 0) is 9.59 Å². The first-order valence-electron chi connectivity index (χ1n) is 10.7. The van der Waals surface area contributed by atoms with Gasteiger partial charge in [0.2, 0.25) is 11.8 Å². The number of anilines is 1. The summed E-state index contributed by atoms with van der Waals surface area (Å²) in [5, 5.41) is 3.76. The molecule has 176 valence electrons. The number of nitrogens with one attached hydrogen (secondary N) is 3. The van der Waals surface area contributed by atoms with Crippen LogP contribution in [0.5, 0.6) is 5.75 Å². The molecule has 1 saturated heterocycles. The van der Waals surface area contributed by atoms with Crippen molar-refractivity contribution in [2.45, 2.75) is 25.7 Å². The van der Waals surface area contributed by atoms with E-state index in [0.717, 1.165) is 5.69 Å². The Balaban J connectivity index is 1.29. The molecule has 1 heterocycles. The van der Waals surface area contributed by atoms with Crippen LogP contribution in [-0.4, -0.2) is 42.4 Å². The van der Waals surface area contributed by atoms with Gasteiger partial charge < -0.3 is 15.0 Å². The summed E-state index contributed by atoms with van der Waals surface area (Å²) >= 11 is 11.9. The van der Waals surface area contributed by atoms with Crippen molar-refractivity contribution in [1.82, 2.24) is 15.8 Å². The van der Waals surface area contributed by atoms with E-state index in [4.69, 9.17) is 27.9 Å². The van der Waals surface area contributed by atoms with Crippen LogP contribution in [0.15, 0.2) is 48.5 Å². The molecular weight excluding hydrogens is 467 g/mol. The van der Waals surface area contributed by atoms with E-state index in [1.807, 2.05) is 30.3 Å². The van der Waals surface area contributed by atoms with Gasteiger partial charge in [0.05, 0.1) is 11.6 Å². The molecule has 0 saturated carbocycles. The topological polar surface area (TPSA) is 99.8 Å². The predicted octanol–water partition coefficient (Wildman–Crippen LogP) is 4.24. The molecule has 10 heteroatoms. The monoisotopic (exact) mass is 492 g/mol. The first-order valence-corrected chi connectivity index (χ1v) is 11.5. The number of ether oxygens (including phenoxy) is 1. The maximum Gasteiger partial charge on any atom is 0.321 e. The quantitative estimate of drug-likeness (QED) is 0.397. The van der Waals surface area contributed by atoms with Gasteiger partial charge in [-0.1, -0.05) is 41.4 Å². The number of rotatable bonds is 7. The molecule has 0 bridgehead atoms. The van der Waals surface area contributed by atoms with E-state index in [-0.39, 0.29) is 30.2 Å². The third-order valence-electron chi connectivity index (χ3n) is 5.20. The van der Waals surface area contributed by atoms with Gasteiger partial charge in [0, 0.05) is 36.1 Å². The van der Waals surface area contributed by atoms with Crippen molar-refractivity contribution in [3.05, 3.63) is 58.6 Å². The van der Waals surface area contributed by atoms with Crippen LogP contribution in [0.25, 0.3) is 0 Å². The van der Waals surface area contributed by atoms with Crippen molar-refractivity contribution in [3.63, 3.8) is 0 Å². The highest BCUT2D eigenvalue weighted by atomic mass is 35.5. The number of piperidine rings is 1. The van der Waals surface area contributed by atoms with Crippen LogP contribution in [0.2, 0.25) is 10.0 Å². The second kappa shape index (κ2) is 12.3. The van der Waals surface area contributed by atoms with E-state index < -0.39 is 0 Å². The average Bonchev–Trinajstić information content (AvgIpc) is 2.82. The van der Waals surface area contributed by atoms with Crippen LogP contribution >= 0.6 is 23.2 Å². The van der Waals surface area contributed by atoms with E-state index >= 15 is 0 Å². The highest BCUT2D eigenvalue weighted by molar-refractivity contribution is 6.35. The fourth-order valence-corrected chi connectivity index (χ4v) is 3.83. The third kappa shape index (κ3) is 7.83. The van der Waals surface area contributed by atoms with E-state index in [0.29, 0.717) is 54.8 Å². The Morgan fingerprint density at radius 3 is 2.42 bits per heavy atom. The standard InChI is InChI=1S/C23H26Cl2N4O4/c24-17-8-9-20(19(25)15-17)33-14-4-7-21(30)27-28-22(31)16-10-12-29(13-11-16)23(32)26-18-5-2-1-3-6-18/h1-3,5-6,8-9,15-16H,4,7,10-14H2,(H,26,32)(H,27,30)(H,28,31). The Kier molecular flexibility index (Phi) is 9.21. The number of likely N-dealkylation sites (tertiary alicyclic amines) is 1. The van der Waals surface area contributed by atoms with Crippen molar-refractivity contribution in [2.24, 2.45) is 5.92 Å². The van der Waals surface area contributed by atoms with Crippen LogP contribution in [0.3, 0.4) is 0 Å². The SMILES string of the molecule is O=C(CCCOc1ccc(Cl)cc1Cl)NNC(=O)C1CCN(C(=O)Nc2ccccc2)CC1. The van der Waals surface area contributed by atoms with Crippen molar-refractivity contribution in [2.75, 3.05) is 25.0 Å². The smallest absolute Gasteiger partial charge is 0.321 e. The molecule has 8 nitrogen and oxygen atoms in total. The number of nitrogens with zero attached hydrogens (tertiary/aromatic N) is 1. The number of para-hydroxylation sites is 1. The van der Waals surface area contributed by atoms with Gasteiger partial charge in [-0.25, -0.2) is 4.79 Å². The minimum absolute atomic E-state index is 0.184. The maximum absolute atomic E-state index is 12.4. The van der Waals surface area contributed by atoms with E-state index in [1.54, 1.807) is 23.1 Å². The summed E-state index contributed by atoms with van der Waals surface area (Å²) in [7, 11) is 0. The normalized spacial score (nSPS) is 13.8. The summed E-state index contributed by atoms with van der Waals surface area (Å²) < 4.78 is 5.53. The number of amides is 4. The molecule has 0 atom stereocenters. The van der Waals surface area contributed by atoms with E-state index in [2.05, 4.69) is 16.2 Å². The van der Waals surface area contributed by atoms with Gasteiger partial charge in [0.25, 0.3) is 0 Å². The Bertz CT molecular complexity index is 966. The fourth-order valence-electron chi connectivity index (χ4n) is 3.37. The number of halogens is 2. The Labute approximate surface area is 202 Å². The van der Waals surface area contributed by atoms with Crippen molar-refractivity contribution in [1.29, 1.82) is 0 Å². The zero-order valence-electron chi connectivity index (χ0n) is 18.0. The predicted molar refractivity (Wildman–Crippen MR) is 127 cm³/mol. The maximum atomic E-state index is 12.4. The van der Waals surface area contributed by atoms with E-state index in [9.17, 15) is 14.4 Å². The molecule has 3 rings (SSSR count). The number of benzene rings is 2. The lowest BCUT2D eigenvalue weighted by atomic mass is 9.96. The van der Waals surface area contributed by atoms with Crippen LogP contribution in [0.4, 0.5) is 10.5 Å². The molecule has 0 aromatic heterocycles. The first kappa shape index (κ1) is 24.7. The number of carbonyl (C=O) groups excluding carboxylic acids is 3. The van der Waals surface area contributed by atoms with Crippen molar-refractivity contribution < 1.29 is 19.1 Å². The minimum Gasteiger partial charge on any atom is -0.492 e. The summed E-state index contributed by atoms with van der Waals surface area (Å²) in [5.74, 6) is -0.329. The molecule has 1 aliphatic heterocycles. The van der Waals surface area contributed by atoms with Gasteiger partial charge in [-0.05, 0) is 49.6 Å². The van der Waals surface area contributed by atoms with Crippen LogP contribution < -0.4 is 20.9 Å². The molecule has 1 fully saturated rings. The molecule has 0 aliphatic carbocycles. The average molecular weight is 493 g/mol. The molecular formula is C23H26Cl2N4O4. The molecule has 0 radical (unpaired) electrons. The molecule has 0 spiro atoms. The zero-order valence-corrected chi connectivity index (χ0v) is 19.5. The molecule has 2 aromatic rings.